The van der Waals surface area contributed by atoms with E-state index in [1.807, 2.05) is 0 Å². The summed E-state index contributed by atoms with van der Waals surface area (Å²) in [6, 6.07) is 0.361. The first-order chi connectivity index (χ1) is 8.68. The molecule has 1 saturated carbocycles. The quantitative estimate of drug-likeness (QED) is 0.836. The van der Waals surface area contributed by atoms with Gasteiger partial charge in [0, 0.05) is 31.6 Å². The molecular formula is C15H28N2O. The molecule has 0 aromatic heterocycles. The van der Waals surface area contributed by atoms with Crippen molar-refractivity contribution in [1.29, 1.82) is 0 Å². The summed E-state index contributed by atoms with van der Waals surface area (Å²) >= 11 is 0. The summed E-state index contributed by atoms with van der Waals surface area (Å²) in [7, 11) is 0. The summed E-state index contributed by atoms with van der Waals surface area (Å²) in [4.78, 5) is 14.6. The van der Waals surface area contributed by atoms with E-state index in [4.69, 9.17) is 0 Å². The molecule has 0 bridgehead atoms. The number of hydrogen-bond acceptors (Lipinski definition) is 2. The summed E-state index contributed by atoms with van der Waals surface area (Å²) in [6.45, 7) is 7.06. The molecule has 1 aliphatic heterocycles. The van der Waals surface area contributed by atoms with E-state index in [2.05, 4.69) is 24.1 Å². The molecule has 2 unspecified atom stereocenters. The van der Waals surface area contributed by atoms with Crippen LogP contribution in [0.4, 0.5) is 0 Å². The number of nitrogens with zero attached hydrogens (tertiary/aromatic N) is 1. The molecule has 104 valence electrons. The van der Waals surface area contributed by atoms with E-state index in [1.54, 1.807) is 0 Å². The Labute approximate surface area is 111 Å². The van der Waals surface area contributed by atoms with Crippen molar-refractivity contribution in [2.24, 2.45) is 11.8 Å². The Balaban J connectivity index is 1.83. The zero-order chi connectivity index (χ0) is 13.0. The average Bonchev–Trinajstić information content (AvgIpc) is 2.39. The second-order valence-corrected chi connectivity index (χ2v) is 6.23. The molecule has 0 radical (unpaired) electrons. The first-order valence-corrected chi connectivity index (χ1v) is 7.69. The van der Waals surface area contributed by atoms with Gasteiger partial charge in [-0.25, -0.2) is 0 Å². The molecule has 1 aliphatic carbocycles. The van der Waals surface area contributed by atoms with Crippen LogP contribution >= 0.6 is 0 Å². The summed E-state index contributed by atoms with van der Waals surface area (Å²) < 4.78 is 0. The van der Waals surface area contributed by atoms with Crippen LogP contribution in [0, 0.1) is 11.8 Å². The fraction of sp³-hybridized carbons (Fsp3) is 0.933. The highest BCUT2D eigenvalue weighted by Gasteiger charge is 2.28. The number of nitrogens with one attached hydrogen (secondary N) is 1. The highest BCUT2D eigenvalue weighted by atomic mass is 16.2. The van der Waals surface area contributed by atoms with Crippen LogP contribution in [0.3, 0.4) is 0 Å². The minimum absolute atomic E-state index is 0.216. The molecule has 1 heterocycles. The predicted molar refractivity (Wildman–Crippen MR) is 74.4 cm³/mol. The van der Waals surface area contributed by atoms with Crippen molar-refractivity contribution in [1.82, 2.24) is 10.2 Å². The fourth-order valence-electron chi connectivity index (χ4n) is 3.48. The van der Waals surface area contributed by atoms with E-state index in [9.17, 15) is 4.79 Å². The van der Waals surface area contributed by atoms with Crippen molar-refractivity contribution in [2.45, 2.75) is 58.4 Å². The van der Waals surface area contributed by atoms with Crippen LogP contribution < -0.4 is 5.32 Å². The molecule has 0 aromatic carbocycles. The number of carbonyl (C=O) groups is 1. The Bertz CT molecular complexity index is 274. The zero-order valence-corrected chi connectivity index (χ0v) is 12.0. The normalized spacial score (nSPS) is 28.1. The number of rotatable bonds is 3. The minimum Gasteiger partial charge on any atom is -0.337 e. The van der Waals surface area contributed by atoms with Crippen LogP contribution in [0.2, 0.25) is 0 Å². The third-order valence-corrected chi connectivity index (χ3v) is 4.62. The Hall–Kier alpha value is -0.570. The summed E-state index contributed by atoms with van der Waals surface area (Å²) in [6.07, 6.45) is 7.93. The SMILES string of the molecule is CC(CC1CCCCC1)C(=O)N1CCNCC1C. The van der Waals surface area contributed by atoms with Gasteiger partial charge in [0.2, 0.25) is 5.91 Å². The van der Waals surface area contributed by atoms with Crippen LogP contribution in [0.15, 0.2) is 0 Å². The van der Waals surface area contributed by atoms with Crippen LogP contribution in [0.25, 0.3) is 0 Å². The van der Waals surface area contributed by atoms with Gasteiger partial charge in [-0.3, -0.25) is 4.79 Å². The fourth-order valence-corrected chi connectivity index (χ4v) is 3.48. The number of carbonyl (C=O) groups excluding carboxylic acids is 1. The van der Waals surface area contributed by atoms with Gasteiger partial charge < -0.3 is 10.2 Å². The first-order valence-electron chi connectivity index (χ1n) is 7.69. The Morgan fingerprint density at radius 1 is 1.33 bits per heavy atom. The van der Waals surface area contributed by atoms with Crippen LogP contribution in [-0.2, 0) is 4.79 Å². The van der Waals surface area contributed by atoms with Crippen LogP contribution in [0.5, 0.6) is 0 Å². The van der Waals surface area contributed by atoms with Gasteiger partial charge in [0.05, 0.1) is 0 Å². The van der Waals surface area contributed by atoms with Gasteiger partial charge in [0.1, 0.15) is 0 Å². The van der Waals surface area contributed by atoms with E-state index >= 15 is 0 Å². The molecule has 18 heavy (non-hydrogen) atoms. The summed E-state index contributed by atoms with van der Waals surface area (Å²) in [5.41, 5.74) is 0. The topological polar surface area (TPSA) is 32.3 Å². The molecule has 2 rings (SSSR count). The standard InChI is InChI=1S/C15H28N2O/c1-12(10-14-6-4-3-5-7-14)15(18)17-9-8-16-11-13(17)2/h12-14,16H,3-11H2,1-2H3. The Morgan fingerprint density at radius 3 is 2.72 bits per heavy atom. The molecule has 0 aromatic rings. The second kappa shape index (κ2) is 6.55. The maximum absolute atomic E-state index is 12.5. The van der Waals surface area contributed by atoms with Gasteiger partial charge in [0.15, 0.2) is 0 Å². The molecule has 3 nitrogen and oxygen atoms in total. The van der Waals surface area contributed by atoms with Crippen molar-refractivity contribution in [3.8, 4) is 0 Å². The molecule has 2 atom stereocenters. The molecule has 1 N–H and O–H groups in total. The lowest BCUT2D eigenvalue weighted by Crippen LogP contribution is -2.53. The lowest BCUT2D eigenvalue weighted by atomic mass is 9.83. The van der Waals surface area contributed by atoms with Crippen molar-refractivity contribution < 1.29 is 4.79 Å². The van der Waals surface area contributed by atoms with Crippen molar-refractivity contribution in [3.63, 3.8) is 0 Å². The first kappa shape index (κ1) is 13.9. The van der Waals surface area contributed by atoms with Crippen LogP contribution in [0.1, 0.15) is 52.4 Å². The molecule has 2 fully saturated rings. The second-order valence-electron chi connectivity index (χ2n) is 6.23. The third kappa shape index (κ3) is 3.47. The monoisotopic (exact) mass is 252 g/mol. The maximum atomic E-state index is 12.5. The van der Waals surface area contributed by atoms with E-state index in [0.717, 1.165) is 32.0 Å². The summed E-state index contributed by atoms with van der Waals surface area (Å²) in [5.74, 6) is 1.40. The lowest BCUT2D eigenvalue weighted by molar-refractivity contribution is -0.138. The molecule has 0 spiro atoms. The van der Waals surface area contributed by atoms with Gasteiger partial charge in [-0.15, -0.1) is 0 Å². The van der Waals surface area contributed by atoms with E-state index < -0.39 is 0 Å². The third-order valence-electron chi connectivity index (χ3n) is 4.62. The highest BCUT2D eigenvalue weighted by Crippen LogP contribution is 2.29. The average molecular weight is 252 g/mol. The molecule has 2 aliphatic rings. The molecule has 3 heteroatoms. The summed E-state index contributed by atoms with van der Waals surface area (Å²) in [5, 5.41) is 3.35. The number of hydrogen-bond donors (Lipinski definition) is 1. The number of amides is 1. The van der Waals surface area contributed by atoms with Crippen molar-refractivity contribution in [2.75, 3.05) is 19.6 Å². The maximum Gasteiger partial charge on any atom is 0.225 e. The van der Waals surface area contributed by atoms with Crippen molar-refractivity contribution in [3.05, 3.63) is 0 Å². The lowest BCUT2D eigenvalue weighted by Gasteiger charge is -2.36. The predicted octanol–water partition coefficient (Wildman–Crippen LogP) is 2.41. The largest absolute Gasteiger partial charge is 0.337 e. The van der Waals surface area contributed by atoms with Gasteiger partial charge in [-0.1, -0.05) is 39.0 Å². The zero-order valence-electron chi connectivity index (χ0n) is 12.0. The van der Waals surface area contributed by atoms with E-state index in [-0.39, 0.29) is 5.92 Å². The van der Waals surface area contributed by atoms with Gasteiger partial charge in [-0.2, -0.15) is 0 Å². The smallest absolute Gasteiger partial charge is 0.225 e. The Kier molecular flexibility index (Phi) is 5.04. The van der Waals surface area contributed by atoms with Crippen LogP contribution in [-0.4, -0.2) is 36.5 Å². The Morgan fingerprint density at radius 2 is 2.06 bits per heavy atom. The van der Waals surface area contributed by atoms with Crippen molar-refractivity contribution >= 4 is 5.91 Å². The molecular weight excluding hydrogens is 224 g/mol. The van der Waals surface area contributed by atoms with E-state index in [0.29, 0.717) is 11.9 Å². The highest BCUT2D eigenvalue weighted by molar-refractivity contribution is 5.79. The van der Waals surface area contributed by atoms with Gasteiger partial charge in [-0.05, 0) is 19.3 Å². The molecule has 1 amide bonds. The molecule has 1 saturated heterocycles. The number of piperazine rings is 1. The van der Waals surface area contributed by atoms with Gasteiger partial charge >= 0.3 is 0 Å². The van der Waals surface area contributed by atoms with E-state index in [1.165, 1.54) is 32.1 Å². The minimum atomic E-state index is 0.216. The van der Waals surface area contributed by atoms with Gasteiger partial charge in [0.25, 0.3) is 0 Å².